The van der Waals surface area contributed by atoms with Crippen LogP contribution in [0.15, 0.2) is 46.8 Å². The molecule has 0 saturated carbocycles. The molecule has 0 atom stereocenters. The number of anilines is 1. The van der Waals surface area contributed by atoms with Gasteiger partial charge in [0.2, 0.25) is 5.91 Å². The summed E-state index contributed by atoms with van der Waals surface area (Å²) in [7, 11) is 0. The van der Waals surface area contributed by atoms with Crippen LogP contribution in [-0.2, 0) is 4.79 Å². The van der Waals surface area contributed by atoms with Crippen molar-refractivity contribution >= 4 is 34.5 Å². The fourth-order valence-corrected chi connectivity index (χ4v) is 2.59. The molecular formula is C13H11N5OS. The summed E-state index contributed by atoms with van der Waals surface area (Å²) in [6, 6.07) is 7.57. The third kappa shape index (κ3) is 2.62. The fraction of sp³-hybridized carbons (Fsp3) is 0.0769. The van der Waals surface area contributed by atoms with E-state index in [1.807, 2.05) is 24.3 Å². The molecule has 6 nitrogen and oxygen atoms in total. The molecule has 20 heavy (non-hydrogen) atoms. The molecule has 0 aliphatic heterocycles. The Labute approximate surface area is 119 Å². The molecule has 2 aromatic heterocycles. The molecule has 3 aromatic rings. The van der Waals surface area contributed by atoms with Crippen LogP contribution in [0.1, 0.15) is 6.92 Å². The number of imidazole rings is 1. The monoisotopic (exact) mass is 285 g/mol. The Bertz CT molecular complexity index is 753. The number of H-pyrrole nitrogens is 1. The van der Waals surface area contributed by atoms with Crippen molar-refractivity contribution in [3.63, 3.8) is 0 Å². The van der Waals surface area contributed by atoms with Crippen LogP contribution in [0, 0.1) is 0 Å². The molecule has 3 rings (SSSR count). The van der Waals surface area contributed by atoms with E-state index in [9.17, 15) is 4.79 Å². The Morgan fingerprint density at radius 1 is 1.20 bits per heavy atom. The molecule has 0 radical (unpaired) electrons. The number of hydrogen-bond donors (Lipinski definition) is 2. The topological polar surface area (TPSA) is 83.6 Å². The predicted octanol–water partition coefficient (Wildman–Crippen LogP) is 2.46. The molecule has 7 heteroatoms. The summed E-state index contributed by atoms with van der Waals surface area (Å²) < 4.78 is 0. The molecule has 100 valence electrons. The van der Waals surface area contributed by atoms with Gasteiger partial charge in [-0.05, 0) is 24.3 Å². The van der Waals surface area contributed by atoms with Gasteiger partial charge >= 0.3 is 0 Å². The van der Waals surface area contributed by atoms with Gasteiger partial charge in [0, 0.05) is 17.5 Å². The van der Waals surface area contributed by atoms with Gasteiger partial charge in [-0.1, -0.05) is 11.8 Å². The van der Waals surface area contributed by atoms with E-state index in [1.54, 1.807) is 6.33 Å². The van der Waals surface area contributed by atoms with E-state index >= 15 is 0 Å². The van der Waals surface area contributed by atoms with E-state index in [4.69, 9.17) is 0 Å². The summed E-state index contributed by atoms with van der Waals surface area (Å²) in [6.07, 6.45) is 3.10. The minimum atomic E-state index is -0.0830. The first kappa shape index (κ1) is 12.6. The Hall–Kier alpha value is -2.41. The van der Waals surface area contributed by atoms with Crippen LogP contribution in [0.2, 0.25) is 0 Å². The molecule has 0 spiro atoms. The number of aromatic nitrogens is 4. The van der Waals surface area contributed by atoms with Crippen LogP contribution in [0.5, 0.6) is 0 Å². The third-order valence-corrected chi connectivity index (χ3v) is 3.59. The summed E-state index contributed by atoms with van der Waals surface area (Å²) >= 11 is 1.51. The standard InChI is InChI=1S/C13H11N5OS/c1-8(19)18-9-2-4-10(5-3-9)20-13-11-12(15-6-14-11)16-7-17-13/h2-7H,1H3,(H,18,19)(H,14,15,16,17). The molecule has 0 aliphatic carbocycles. The first-order valence-electron chi connectivity index (χ1n) is 5.92. The van der Waals surface area contributed by atoms with Crippen molar-refractivity contribution in [2.45, 2.75) is 16.8 Å². The highest BCUT2D eigenvalue weighted by Gasteiger charge is 2.07. The third-order valence-electron chi connectivity index (χ3n) is 2.58. The average molecular weight is 285 g/mol. The van der Waals surface area contributed by atoms with Gasteiger partial charge < -0.3 is 10.3 Å². The van der Waals surface area contributed by atoms with Crippen LogP contribution in [0.3, 0.4) is 0 Å². The summed E-state index contributed by atoms with van der Waals surface area (Å²) in [5, 5.41) is 3.55. The Morgan fingerprint density at radius 3 is 2.75 bits per heavy atom. The second kappa shape index (κ2) is 5.30. The van der Waals surface area contributed by atoms with E-state index < -0.39 is 0 Å². The number of nitrogens with zero attached hydrogens (tertiary/aromatic N) is 3. The number of amides is 1. The molecule has 1 aromatic carbocycles. The quantitative estimate of drug-likeness (QED) is 0.722. The lowest BCUT2D eigenvalue weighted by molar-refractivity contribution is -0.114. The van der Waals surface area contributed by atoms with E-state index in [0.29, 0.717) is 5.65 Å². The normalized spacial score (nSPS) is 10.7. The number of aromatic amines is 1. The SMILES string of the molecule is CC(=O)Nc1ccc(Sc2ncnc3nc[nH]c23)cc1. The van der Waals surface area contributed by atoms with E-state index in [-0.39, 0.29) is 5.91 Å². The van der Waals surface area contributed by atoms with Crippen LogP contribution >= 0.6 is 11.8 Å². The van der Waals surface area contributed by atoms with E-state index in [0.717, 1.165) is 21.1 Å². The van der Waals surface area contributed by atoms with Crippen molar-refractivity contribution in [3.8, 4) is 0 Å². The van der Waals surface area contributed by atoms with Crippen molar-refractivity contribution < 1.29 is 4.79 Å². The lowest BCUT2D eigenvalue weighted by Crippen LogP contribution is -2.05. The number of rotatable bonds is 3. The van der Waals surface area contributed by atoms with E-state index in [2.05, 4.69) is 25.3 Å². The number of carbonyl (C=O) groups is 1. The molecule has 0 aliphatic rings. The van der Waals surface area contributed by atoms with Crippen LogP contribution in [-0.4, -0.2) is 25.8 Å². The molecule has 0 bridgehead atoms. The summed E-state index contributed by atoms with van der Waals surface area (Å²) in [6.45, 7) is 1.48. The van der Waals surface area contributed by atoms with Crippen molar-refractivity contribution in [2.75, 3.05) is 5.32 Å². The smallest absolute Gasteiger partial charge is 0.221 e. The van der Waals surface area contributed by atoms with Crippen LogP contribution < -0.4 is 5.32 Å². The molecule has 1 amide bonds. The highest BCUT2D eigenvalue weighted by molar-refractivity contribution is 7.99. The Morgan fingerprint density at radius 2 is 2.00 bits per heavy atom. The number of benzene rings is 1. The van der Waals surface area contributed by atoms with Crippen molar-refractivity contribution in [1.82, 2.24) is 19.9 Å². The summed E-state index contributed by atoms with van der Waals surface area (Å²) in [5.41, 5.74) is 2.25. The number of fused-ring (bicyclic) bond motifs is 1. The maximum Gasteiger partial charge on any atom is 0.221 e. The first-order valence-corrected chi connectivity index (χ1v) is 6.73. The number of nitrogens with one attached hydrogen (secondary N) is 2. The zero-order chi connectivity index (χ0) is 13.9. The van der Waals surface area contributed by atoms with Crippen molar-refractivity contribution in [1.29, 1.82) is 0 Å². The van der Waals surface area contributed by atoms with Gasteiger partial charge in [-0.25, -0.2) is 15.0 Å². The molecular weight excluding hydrogens is 274 g/mol. The van der Waals surface area contributed by atoms with Crippen molar-refractivity contribution in [3.05, 3.63) is 36.9 Å². The average Bonchev–Trinajstić information content (AvgIpc) is 2.90. The molecule has 2 heterocycles. The first-order chi connectivity index (χ1) is 9.72. The van der Waals surface area contributed by atoms with Gasteiger partial charge in [0.25, 0.3) is 0 Å². The lowest BCUT2D eigenvalue weighted by Gasteiger charge is -2.04. The Balaban J connectivity index is 1.84. The van der Waals surface area contributed by atoms with Gasteiger partial charge in [-0.15, -0.1) is 0 Å². The van der Waals surface area contributed by atoms with Crippen LogP contribution in [0.4, 0.5) is 5.69 Å². The molecule has 2 N–H and O–H groups in total. The minimum Gasteiger partial charge on any atom is -0.341 e. The zero-order valence-electron chi connectivity index (χ0n) is 10.6. The summed E-state index contributed by atoms with van der Waals surface area (Å²) in [4.78, 5) is 27.4. The maximum absolute atomic E-state index is 11.0. The fourth-order valence-electron chi connectivity index (χ4n) is 1.74. The predicted molar refractivity (Wildman–Crippen MR) is 76.6 cm³/mol. The number of hydrogen-bond acceptors (Lipinski definition) is 5. The van der Waals surface area contributed by atoms with Gasteiger partial charge in [0.05, 0.1) is 6.33 Å². The molecule has 0 unspecified atom stereocenters. The largest absolute Gasteiger partial charge is 0.341 e. The zero-order valence-corrected chi connectivity index (χ0v) is 11.4. The van der Waals surface area contributed by atoms with Gasteiger partial charge in [0.15, 0.2) is 5.65 Å². The second-order valence-corrected chi connectivity index (χ2v) is 5.15. The highest BCUT2D eigenvalue weighted by atomic mass is 32.2. The number of carbonyl (C=O) groups excluding carboxylic acids is 1. The van der Waals surface area contributed by atoms with Gasteiger partial charge in [-0.3, -0.25) is 4.79 Å². The molecule has 0 saturated heterocycles. The maximum atomic E-state index is 11.0. The van der Waals surface area contributed by atoms with Gasteiger partial charge in [-0.2, -0.15) is 0 Å². The lowest BCUT2D eigenvalue weighted by atomic mass is 10.3. The second-order valence-electron chi connectivity index (χ2n) is 4.09. The van der Waals surface area contributed by atoms with Gasteiger partial charge in [0.1, 0.15) is 16.9 Å². The highest BCUT2D eigenvalue weighted by Crippen LogP contribution is 2.30. The van der Waals surface area contributed by atoms with Crippen molar-refractivity contribution in [2.24, 2.45) is 0 Å². The van der Waals surface area contributed by atoms with Crippen LogP contribution in [0.25, 0.3) is 11.2 Å². The van der Waals surface area contributed by atoms with E-state index in [1.165, 1.54) is 25.0 Å². The Kier molecular flexibility index (Phi) is 3.34. The molecule has 0 fully saturated rings. The minimum absolute atomic E-state index is 0.0830. The summed E-state index contributed by atoms with van der Waals surface area (Å²) in [5.74, 6) is -0.0830.